The minimum atomic E-state index is -0.588. The SMILES string of the molecule is CCc1nc(-c2c3n(c(=O)n(CC(=O)NCc4ccccc4Cl)c2=O)CCCC3)no1. The molecule has 1 aliphatic rings. The van der Waals surface area contributed by atoms with Crippen molar-refractivity contribution in [3.8, 4) is 11.4 Å². The average molecular weight is 444 g/mol. The molecule has 0 fully saturated rings. The first-order chi connectivity index (χ1) is 15.0. The van der Waals surface area contributed by atoms with Crippen molar-refractivity contribution in [1.29, 1.82) is 0 Å². The van der Waals surface area contributed by atoms with Gasteiger partial charge < -0.3 is 9.84 Å². The minimum absolute atomic E-state index is 0.151. The van der Waals surface area contributed by atoms with E-state index in [9.17, 15) is 14.4 Å². The first-order valence-electron chi connectivity index (χ1n) is 10.2. The monoisotopic (exact) mass is 443 g/mol. The maximum Gasteiger partial charge on any atom is 0.331 e. The zero-order valence-electron chi connectivity index (χ0n) is 17.1. The average Bonchev–Trinajstić information content (AvgIpc) is 3.25. The molecule has 3 heterocycles. The molecular weight excluding hydrogens is 422 g/mol. The fourth-order valence-electron chi connectivity index (χ4n) is 3.69. The van der Waals surface area contributed by atoms with Crippen LogP contribution >= 0.6 is 11.6 Å². The predicted octanol–water partition coefficient (Wildman–Crippen LogP) is 1.93. The standard InChI is InChI=1S/C21H22ClN5O4/c1-2-17-24-19(25-31-17)18-15-9-5-6-10-26(15)21(30)27(20(18)29)12-16(28)23-11-13-7-3-4-8-14(13)22/h3-4,7-8H,2,5-6,9-12H2,1H3,(H,23,28). The van der Waals surface area contributed by atoms with E-state index in [0.29, 0.717) is 36.0 Å². The van der Waals surface area contributed by atoms with Crippen molar-refractivity contribution in [3.05, 3.63) is 67.3 Å². The van der Waals surface area contributed by atoms with E-state index < -0.39 is 23.7 Å². The fraction of sp³-hybridized carbons (Fsp3) is 0.381. The van der Waals surface area contributed by atoms with Crippen molar-refractivity contribution in [3.63, 3.8) is 0 Å². The van der Waals surface area contributed by atoms with Crippen LogP contribution in [0, 0.1) is 0 Å². The normalized spacial score (nSPS) is 13.1. The molecule has 10 heteroatoms. The molecule has 162 valence electrons. The number of amides is 1. The van der Waals surface area contributed by atoms with Crippen LogP contribution in [0.4, 0.5) is 0 Å². The number of nitrogens with one attached hydrogen (secondary N) is 1. The number of nitrogens with zero attached hydrogens (tertiary/aromatic N) is 4. The molecule has 2 aromatic heterocycles. The van der Waals surface area contributed by atoms with Gasteiger partial charge in [-0.2, -0.15) is 4.98 Å². The van der Waals surface area contributed by atoms with Gasteiger partial charge >= 0.3 is 5.69 Å². The van der Waals surface area contributed by atoms with Crippen molar-refractivity contribution in [2.24, 2.45) is 0 Å². The summed E-state index contributed by atoms with van der Waals surface area (Å²) in [6.45, 7) is 2.12. The molecule has 3 aromatic rings. The zero-order chi connectivity index (χ0) is 22.0. The van der Waals surface area contributed by atoms with Crippen LogP contribution in [0.25, 0.3) is 11.4 Å². The predicted molar refractivity (Wildman–Crippen MR) is 114 cm³/mol. The molecular formula is C21H22ClN5O4. The van der Waals surface area contributed by atoms with Crippen LogP contribution in [0.5, 0.6) is 0 Å². The summed E-state index contributed by atoms with van der Waals surface area (Å²) < 4.78 is 7.66. The second-order valence-corrected chi connectivity index (χ2v) is 7.74. The van der Waals surface area contributed by atoms with Crippen molar-refractivity contribution in [2.75, 3.05) is 0 Å². The molecule has 0 atom stereocenters. The Labute approximate surface area is 182 Å². The number of hydrogen-bond donors (Lipinski definition) is 1. The summed E-state index contributed by atoms with van der Waals surface area (Å²) in [6, 6.07) is 7.13. The molecule has 0 unspecified atom stereocenters. The van der Waals surface area contributed by atoms with Crippen LogP contribution in [0.3, 0.4) is 0 Å². The number of carbonyl (C=O) groups is 1. The molecule has 0 saturated carbocycles. The van der Waals surface area contributed by atoms with Crippen LogP contribution in [0.15, 0.2) is 38.4 Å². The Hall–Kier alpha value is -3.20. The Morgan fingerprint density at radius 2 is 2.06 bits per heavy atom. The van der Waals surface area contributed by atoms with E-state index in [2.05, 4.69) is 15.5 Å². The summed E-state index contributed by atoms with van der Waals surface area (Å²) in [7, 11) is 0. The van der Waals surface area contributed by atoms with Gasteiger partial charge in [0.25, 0.3) is 5.56 Å². The molecule has 9 nitrogen and oxygen atoms in total. The van der Waals surface area contributed by atoms with Crippen LogP contribution in [0.2, 0.25) is 5.02 Å². The summed E-state index contributed by atoms with van der Waals surface area (Å²) in [5.74, 6) is 0.0840. The summed E-state index contributed by atoms with van der Waals surface area (Å²) in [6.07, 6.45) is 2.76. The van der Waals surface area contributed by atoms with E-state index in [-0.39, 0.29) is 17.9 Å². The van der Waals surface area contributed by atoms with Gasteiger partial charge in [0.1, 0.15) is 12.1 Å². The topological polar surface area (TPSA) is 112 Å². The number of fused-ring (bicyclic) bond motifs is 1. The molecule has 0 spiro atoms. The van der Waals surface area contributed by atoms with E-state index in [0.717, 1.165) is 23.0 Å². The number of rotatable bonds is 6. The molecule has 1 aromatic carbocycles. The van der Waals surface area contributed by atoms with Gasteiger partial charge in [0.15, 0.2) is 0 Å². The molecule has 1 aliphatic heterocycles. The highest BCUT2D eigenvalue weighted by atomic mass is 35.5. The van der Waals surface area contributed by atoms with Crippen LogP contribution in [-0.2, 0) is 37.3 Å². The lowest BCUT2D eigenvalue weighted by atomic mass is 10.0. The Morgan fingerprint density at radius 1 is 1.26 bits per heavy atom. The van der Waals surface area contributed by atoms with E-state index in [1.807, 2.05) is 13.0 Å². The van der Waals surface area contributed by atoms with Gasteiger partial charge in [0.2, 0.25) is 17.6 Å². The van der Waals surface area contributed by atoms with Gasteiger partial charge in [0, 0.05) is 30.2 Å². The summed E-state index contributed by atoms with van der Waals surface area (Å²) in [5, 5.41) is 7.17. The molecule has 0 aliphatic carbocycles. The Morgan fingerprint density at radius 3 is 2.81 bits per heavy atom. The number of aromatic nitrogens is 4. The highest BCUT2D eigenvalue weighted by Crippen LogP contribution is 2.22. The number of benzene rings is 1. The second kappa shape index (κ2) is 8.89. The van der Waals surface area contributed by atoms with Crippen molar-refractivity contribution >= 4 is 17.5 Å². The molecule has 4 rings (SSSR count). The van der Waals surface area contributed by atoms with Crippen LogP contribution in [-0.4, -0.2) is 25.2 Å². The maximum atomic E-state index is 13.3. The lowest BCUT2D eigenvalue weighted by Gasteiger charge is -2.21. The van der Waals surface area contributed by atoms with E-state index in [1.165, 1.54) is 0 Å². The molecule has 1 N–H and O–H groups in total. The van der Waals surface area contributed by atoms with Gasteiger partial charge in [-0.3, -0.25) is 18.7 Å². The highest BCUT2D eigenvalue weighted by Gasteiger charge is 2.26. The van der Waals surface area contributed by atoms with Crippen LogP contribution < -0.4 is 16.6 Å². The minimum Gasteiger partial charge on any atom is -0.350 e. The quantitative estimate of drug-likeness (QED) is 0.623. The van der Waals surface area contributed by atoms with E-state index in [4.69, 9.17) is 16.1 Å². The van der Waals surface area contributed by atoms with Gasteiger partial charge in [-0.25, -0.2) is 4.79 Å². The highest BCUT2D eigenvalue weighted by molar-refractivity contribution is 6.31. The number of halogens is 1. The van der Waals surface area contributed by atoms with Crippen LogP contribution in [0.1, 0.15) is 36.9 Å². The van der Waals surface area contributed by atoms with Crippen molar-refractivity contribution < 1.29 is 9.32 Å². The van der Waals surface area contributed by atoms with E-state index >= 15 is 0 Å². The number of aryl methyl sites for hydroxylation is 1. The van der Waals surface area contributed by atoms with E-state index in [1.54, 1.807) is 22.8 Å². The largest absolute Gasteiger partial charge is 0.350 e. The summed E-state index contributed by atoms with van der Waals surface area (Å²) in [5.41, 5.74) is 0.468. The van der Waals surface area contributed by atoms with Gasteiger partial charge in [0.05, 0.1) is 0 Å². The molecule has 1 amide bonds. The zero-order valence-corrected chi connectivity index (χ0v) is 17.8. The second-order valence-electron chi connectivity index (χ2n) is 7.34. The third kappa shape index (κ3) is 4.18. The first kappa shape index (κ1) is 21.0. The molecule has 0 saturated heterocycles. The third-order valence-corrected chi connectivity index (χ3v) is 5.68. The first-order valence-corrected chi connectivity index (χ1v) is 10.6. The molecule has 0 bridgehead atoms. The third-order valence-electron chi connectivity index (χ3n) is 5.31. The molecule has 31 heavy (non-hydrogen) atoms. The lowest BCUT2D eigenvalue weighted by molar-refractivity contribution is -0.121. The Balaban J connectivity index is 1.68. The summed E-state index contributed by atoms with van der Waals surface area (Å²) >= 11 is 6.12. The Kier molecular flexibility index (Phi) is 6.03. The van der Waals surface area contributed by atoms with Gasteiger partial charge in [-0.05, 0) is 30.9 Å². The fourth-order valence-corrected chi connectivity index (χ4v) is 3.90. The van der Waals surface area contributed by atoms with Gasteiger partial charge in [-0.15, -0.1) is 0 Å². The van der Waals surface area contributed by atoms with Gasteiger partial charge in [-0.1, -0.05) is 41.9 Å². The lowest BCUT2D eigenvalue weighted by Crippen LogP contribution is -2.46. The number of carbonyl (C=O) groups excluding carboxylic acids is 1. The number of hydrogen-bond acceptors (Lipinski definition) is 6. The maximum absolute atomic E-state index is 13.3. The Bertz CT molecular complexity index is 1240. The summed E-state index contributed by atoms with van der Waals surface area (Å²) in [4.78, 5) is 43.1. The smallest absolute Gasteiger partial charge is 0.331 e. The van der Waals surface area contributed by atoms with Crippen molar-refractivity contribution in [2.45, 2.75) is 52.2 Å². The molecule has 0 radical (unpaired) electrons. The van der Waals surface area contributed by atoms with Crippen molar-refractivity contribution in [1.82, 2.24) is 24.6 Å².